The number of halogens is 1. The van der Waals surface area contributed by atoms with E-state index in [0.717, 1.165) is 5.56 Å². The summed E-state index contributed by atoms with van der Waals surface area (Å²) in [6.45, 7) is 0.564. The second-order valence-corrected chi connectivity index (χ2v) is 4.66. The highest BCUT2D eigenvalue weighted by Crippen LogP contribution is 2.20. The average molecular weight is 307 g/mol. The van der Waals surface area contributed by atoms with Gasteiger partial charge in [-0.2, -0.15) is 4.98 Å². The molecule has 0 aliphatic heterocycles. The van der Waals surface area contributed by atoms with Crippen LogP contribution in [0.4, 0.5) is 5.82 Å². The zero-order chi connectivity index (χ0) is 15.2. The summed E-state index contributed by atoms with van der Waals surface area (Å²) in [6.07, 6.45) is 0. The number of pyridine rings is 1. The summed E-state index contributed by atoms with van der Waals surface area (Å²) >= 11 is 5.93. The van der Waals surface area contributed by atoms with Crippen LogP contribution in [0.15, 0.2) is 36.4 Å². The number of hydrogen-bond donors (Lipinski definition) is 1. The normalized spacial score (nSPS) is 10.0. The molecule has 2 aromatic rings. The molecule has 0 aliphatic rings. The summed E-state index contributed by atoms with van der Waals surface area (Å²) in [4.78, 5) is 15.8. The van der Waals surface area contributed by atoms with E-state index in [0.29, 0.717) is 17.4 Å². The first kappa shape index (κ1) is 15.1. The number of rotatable bonds is 5. The molecule has 0 unspecified atom stereocenters. The van der Waals surface area contributed by atoms with Crippen LogP contribution < -0.4 is 10.1 Å². The number of carbonyl (C=O) groups is 1. The van der Waals surface area contributed by atoms with E-state index in [4.69, 9.17) is 16.3 Å². The number of hydrogen-bond acceptors (Lipinski definition) is 5. The van der Waals surface area contributed by atoms with Crippen LogP contribution in [-0.2, 0) is 11.3 Å². The van der Waals surface area contributed by atoms with E-state index >= 15 is 0 Å². The van der Waals surface area contributed by atoms with E-state index in [-0.39, 0.29) is 11.4 Å². The molecular formula is C15H15ClN2O3. The van der Waals surface area contributed by atoms with Gasteiger partial charge in [-0.15, -0.1) is 0 Å². The van der Waals surface area contributed by atoms with Crippen molar-refractivity contribution in [1.29, 1.82) is 0 Å². The summed E-state index contributed by atoms with van der Waals surface area (Å²) in [6, 6.07) is 10.8. The van der Waals surface area contributed by atoms with Crippen LogP contribution >= 0.6 is 11.6 Å². The summed E-state index contributed by atoms with van der Waals surface area (Å²) in [5.41, 5.74) is 1.31. The molecule has 0 amide bonds. The van der Waals surface area contributed by atoms with E-state index in [1.165, 1.54) is 14.2 Å². The minimum atomic E-state index is -0.485. The lowest BCUT2D eigenvalue weighted by molar-refractivity contribution is 0.0596. The number of nitrogens with one attached hydrogen (secondary N) is 1. The number of carbonyl (C=O) groups excluding carboxylic acids is 1. The van der Waals surface area contributed by atoms with Crippen LogP contribution in [0.1, 0.15) is 15.9 Å². The van der Waals surface area contributed by atoms with Gasteiger partial charge in [0.15, 0.2) is 0 Å². The highest BCUT2D eigenvalue weighted by atomic mass is 35.5. The smallest absolute Gasteiger partial charge is 0.343 e. The quantitative estimate of drug-likeness (QED) is 0.860. The molecule has 1 aromatic heterocycles. The molecule has 21 heavy (non-hydrogen) atoms. The average Bonchev–Trinajstić information content (AvgIpc) is 2.52. The molecule has 0 atom stereocenters. The number of benzene rings is 1. The number of methoxy groups -OCH3 is 2. The number of ether oxygens (including phenoxy) is 2. The van der Waals surface area contributed by atoms with Gasteiger partial charge in [0.1, 0.15) is 11.4 Å². The van der Waals surface area contributed by atoms with Gasteiger partial charge in [0.2, 0.25) is 5.88 Å². The topological polar surface area (TPSA) is 60.5 Å². The molecule has 0 fully saturated rings. The van der Waals surface area contributed by atoms with Gasteiger partial charge in [-0.05, 0) is 29.8 Å². The maximum absolute atomic E-state index is 11.5. The molecule has 0 radical (unpaired) electrons. The number of aromatic nitrogens is 1. The van der Waals surface area contributed by atoms with Gasteiger partial charge in [-0.25, -0.2) is 4.79 Å². The lowest BCUT2D eigenvalue weighted by Gasteiger charge is -2.10. The van der Waals surface area contributed by atoms with Crippen molar-refractivity contribution in [3.63, 3.8) is 0 Å². The molecular weight excluding hydrogens is 292 g/mol. The third-order valence-electron chi connectivity index (χ3n) is 2.82. The second kappa shape index (κ2) is 6.95. The van der Waals surface area contributed by atoms with Crippen molar-refractivity contribution in [1.82, 2.24) is 4.98 Å². The van der Waals surface area contributed by atoms with Gasteiger partial charge in [0.05, 0.1) is 14.2 Å². The molecule has 0 saturated heterocycles. The maximum atomic E-state index is 11.5. The zero-order valence-corrected chi connectivity index (χ0v) is 12.5. The summed E-state index contributed by atoms with van der Waals surface area (Å²) in [7, 11) is 2.77. The Balaban J connectivity index is 2.12. The van der Waals surface area contributed by atoms with Crippen LogP contribution in [0.5, 0.6) is 5.88 Å². The third kappa shape index (κ3) is 3.86. The molecule has 1 aromatic carbocycles. The molecule has 1 N–H and O–H groups in total. The van der Waals surface area contributed by atoms with Crippen LogP contribution in [-0.4, -0.2) is 25.2 Å². The zero-order valence-electron chi connectivity index (χ0n) is 11.7. The molecule has 0 bridgehead atoms. The summed E-state index contributed by atoms with van der Waals surface area (Å²) < 4.78 is 9.77. The minimum Gasteiger partial charge on any atom is -0.480 e. The number of esters is 1. The fourth-order valence-electron chi connectivity index (χ4n) is 1.80. The van der Waals surface area contributed by atoms with Gasteiger partial charge in [-0.1, -0.05) is 23.7 Å². The highest BCUT2D eigenvalue weighted by Gasteiger charge is 2.14. The first-order valence-electron chi connectivity index (χ1n) is 6.25. The van der Waals surface area contributed by atoms with Gasteiger partial charge in [0, 0.05) is 11.6 Å². The third-order valence-corrected chi connectivity index (χ3v) is 3.06. The lowest BCUT2D eigenvalue weighted by atomic mass is 10.2. The minimum absolute atomic E-state index is 0.220. The highest BCUT2D eigenvalue weighted by molar-refractivity contribution is 6.30. The SMILES string of the molecule is COC(=O)c1ccc(NCc2cccc(Cl)c2)nc1OC. The summed E-state index contributed by atoms with van der Waals surface area (Å²) in [5, 5.41) is 3.83. The van der Waals surface area contributed by atoms with E-state index in [1.54, 1.807) is 12.1 Å². The van der Waals surface area contributed by atoms with Crippen molar-refractivity contribution in [3.05, 3.63) is 52.5 Å². The van der Waals surface area contributed by atoms with Crippen LogP contribution in [0.25, 0.3) is 0 Å². The first-order valence-corrected chi connectivity index (χ1v) is 6.63. The van der Waals surface area contributed by atoms with E-state index in [2.05, 4.69) is 15.0 Å². The van der Waals surface area contributed by atoms with Crippen molar-refractivity contribution in [3.8, 4) is 5.88 Å². The Kier molecular flexibility index (Phi) is 5.00. The van der Waals surface area contributed by atoms with Crippen molar-refractivity contribution in [2.45, 2.75) is 6.54 Å². The van der Waals surface area contributed by atoms with E-state index in [1.807, 2.05) is 24.3 Å². The van der Waals surface area contributed by atoms with Crippen LogP contribution in [0.3, 0.4) is 0 Å². The number of anilines is 1. The molecule has 2 rings (SSSR count). The predicted molar refractivity (Wildman–Crippen MR) is 80.9 cm³/mol. The fourth-order valence-corrected chi connectivity index (χ4v) is 2.01. The van der Waals surface area contributed by atoms with Crippen molar-refractivity contribution >= 4 is 23.4 Å². The van der Waals surface area contributed by atoms with Gasteiger partial charge >= 0.3 is 5.97 Å². The lowest BCUT2D eigenvalue weighted by Crippen LogP contribution is -2.08. The van der Waals surface area contributed by atoms with E-state index in [9.17, 15) is 4.79 Å². The molecule has 0 aliphatic carbocycles. The van der Waals surface area contributed by atoms with Gasteiger partial charge in [0.25, 0.3) is 0 Å². The molecule has 0 spiro atoms. The Hall–Kier alpha value is -2.27. The Bertz CT molecular complexity index is 647. The largest absolute Gasteiger partial charge is 0.480 e. The van der Waals surface area contributed by atoms with Crippen molar-refractivity contribution in [2.24, 2.45) is 0 Å². The Morgan fingerprint density at radius 3 is 2.76 bits per heavy atom. The first-order chi connectivity index (χ1) is 10.1. The van der Waals surface area contributed by atoms with Crippen LogP contribution in [0, 0.1) is 0 Å². The van der Waals surface area contributed by atoms with Crippen molar-refractivity contribution in [2.75, 3.05) is 19.5 Å². The molecule has 110 valence electrons. The Labute approximate surface area is 127 Å². The standard InChI is InChI=1S/C15H15ClN2O3/c1-20-14-12(15(19)21-2)6-7-13(18-14)17-9-10-4-3-5-11(16)8-10/h3-8H,9H2,1-2H3,(H,17,18). The number of nitrogens with zero attached hydrogens (tertiary/aromatic N) is 1. The molecule has 5 nitrogen and oxygen atoms in total. The fraction of sp³-hybridized carbons (Fsp3) is 0.200. The van der Waals surface area contributed by atoms with Crippen LogP contribution in [0.2, 0.25) is 5.02 Å². The van der Waals surface area contributed by atoms with Gasteiger partial charge in [-0.3, -0.25) is 0 Å². The Morgan fingerprint density at radius 1 is 1.29 bits per heavy atom. The van der Waals surface area contributed by atoms with Crippen molar-refractivity contribution < 1.29 is 14.3 Å². The second-order valence-electron chi connectivity index (χ2n) is 4.23. The summed E-state index contributed by atoms with van der Waals surface area (Å²) in [5.74, 6) is 0.332. The molecule has 0 saturated carbocycles. The molecule has 1 heterocycles. The molecule has 6 heteroatoms. The van der Waals surface area contributed by atoms with Gasteiger partial charge < -0.3 is 14.8 Å². The maximum Gasteiger partial charge on any atom is 0.343 e. The Morgan fingerprint density at radius 2 is 2.10 bits per heavy atom. The predicted octanol–water partition coefficient (Wildman–Crippen LogP) is 3.14. The van der Waals surface area contributed by atoms with E-state index < -0.39 is 5.97 Å². The monoisotopic (exact) mass is 306 g/mol.